The van der Waals surface area contributed by atoms with Gasteiger partial charge in [-0.3, -0.25) is 4.79 Å². The van der Waals surface area contributed by atoms with Crippen molar-refractivity contribution < 1.29 is 4.79 Å². The van der Waals surface area contributed by atoms with Crippen LogP contribution in [0.1, 0.15) is 13.0 Å². The van der Waals surface area contributed by atoms with E-state index >= 15 is 0 Å². The van der Waals surface area contributed by atoms with E-state index in [1.807, 2.05) is 36.1 Å². The number of carbonyl (C=O) groups is 1. The molecule has 1 atom stereocenters. The van der Waals surface area contributed by atoms with Crippen molar-refractivity contribution >= 4 is 16.9 Å². The van der Waals surface area contributed by atoms with E-state index in [2.05, 4.69) is 15.6 Å². The van der Waals surface area contributed by atoms with Gasteiger partial charge in [-0.1, -0.05) is 17.3 Å². The summed E-state index contributed by atoms with van der Waals surface area (Å²) >= 11 is 0. The number of benzene rings is 1. The summed E-state index contributed by atoms with van der Waals surface area (Å²) in [4.78, 5) is 14.3. The summed E-state index contributed by atoms with van der Waals surface area (Å²) in [6, 6.07) is 7.39. The van der Waals surface area contributed by atoms with Crippen molar-refractivity contribution in [2.45, 2.75) is 13.0 Å². The molecule has 2 aromatic rings. The Balaban J connectivity index is 1.86. The van der Waals surface area contributed by atoms with Crippen molar-refractivity contribution in [1.29, 1.82) is 0 Å². The Hall–Kier alpha value is -1.95. The van der Waals surface area contributed by atoms with Crippen LogP contribution in [0.5, 0.6) is 0 Å². The Bertz CT molecular complexity index is 587. The summed E-state index contributed by atoms with van der Waals surface area (Å²) in [7, 11) is 0. The molecule has 0 spiro atoms. The van der Waals surface area contributed by atoms with Gasteiger partial charge in [0, 0.05) is 26.2 Å². The number of piperazine rings is 1. The summed E-state index contributed by atoms with van der Waals surface area (Å²) in [5.41, 5.74) is 1.72. The van der Waals surface area contributed by atoms with Crippen LogP contribution in [0, 0.1) is 0 Å². The Morgan fingerprint density at radius 2 is 2.05 bits per heavy atom. The fraction of sp³-hybridized carbons (Fsp3) is 0.462. The minimum absolute atomic E-state index is 0.108. The van der Waals surface area contributed by atoms with Crippen molar-refractivity contribution in [3.63, 3.8) is 0 Å². The molecule has 6 nitrogen and oxygen atoms in total. The van der Waals surface area contributed by atoms with E-state index in [1.165, 1.54) is 0 Å². The SMILES string of the molecule is CC(C(=O)N1CCNCC1)n1nnc2ccccc21. The van der Waals surface area contributed by atoms with Crippen LogP contribution in [0.2, 0.25) is 0 Å². The van der Waals surface area contributed by atoms with Gasteiger partial charge < -0.3 is 10.2 Å². The monoisotopic (exact) mass is 259 g/mol. The van der Waals surface area contributed by atoms with E-state index < -0.39 is 0 Å². The maximum absolute atomic E-state index is 12.4. The second-order valence-electron chi connectivity index (χ2n) is 4.77. The van der Waals surface area contributed by atoms with Gasteiger partial charge >= 0.3 is 0 Å². The number of carbonyl (C=O) groups excluding carboxylic acids is 1. The van der Waals surface area contributed by atoms with Crippen LogP contribution < -0.4 is 5.32 Å². The normalized spacial score (nSPS) is 17.6. The third-order valence-corrected chi connectivity index (χ3v) is 3.53. The fourth-order valence-electron chi connectivity index (χ4n) is 2.43. The number of fused-ring (bicyclic) bond motifs is 1. The molecule has 1 unspecified atom stereocenters. The average Bonchev–Trinajstić information content (AvgIpc) is 2.90. The highest BCUT2D eigenvalue weighted by molar-refractivity contribution is 5.83. The number of nitrogens with zero attached hydrogens (tertiary/aromatic N) is 4. The van der Waals surface area contributed by atoms with Crippen molar-refractivity contribution in [2.24, 2.45) is 0 Å². The van der Waals surface area contributed by atoms with E-state index in [-0.39, 0.29) is 11.9 Å². The van der Waals surface area contributed by atoms with Crippen LogP contribution >= 0.6 is 0 Å². The summed E-state index contributed by atoms with van der Waals surface area (Å²) in [5, 5.41) is 11.5. The average molecular weight is 259 g/mol. The van der Waals surface area contributed by atoms with Gasteiger partial charge in [0.1, 0.15) is 11.6 Å². The molecule has 0 saturated carbocycles. The van der Waals surface area contributed by atoms with Gasteiger partial charge in [0.2, 0.25) is 5.91 Å². The van der Waals surface area contributed by atoms with Crippen LogP contribution in [0.3, 0.4) is 0 Å². The molecule has 1 aromatic carbocycles. The molecule has 1 aliphatic rings. The van der Waals surface area contributed by atoms with Gasteiger partial charge in [0.05, 0.1) is 5.52 Å². The van der Waals surface area contributed by atoms with Crippen LogP contribution in [-0.4, -0.2) is 52.0 Å². The quantitative estimate of drug-likeness (QED) is 0.849. The van der Waals surface area contributed by atoms with Crippen LogP contribution in [0.15, 0.2) is 24.3 Å². The molecule has 6 heteroatoms. The number of hydrogen-bond donors (Lipinski definition) is 1. The highest BCUT2D eigenvalue weighted by Crippen LogP contribution is 2.17. The van der Waals surface area contributed by atoms with Gasteiger partial charge in [-0.25, -0.2) is 4.68 Å². The highest BCUT2D eigenvalue weighted by Gasteiger charge is 2.25. The standard InChI is InChI=1S/C13H17N5O/c1-10(13(19)17-8-6-14-7-9-17)18-12-5-3-2-4-11(12)15-16-18/h2-5,10,14H,6-9H2,1H3. The molecule has 0 bridgehead atoms. The van der Waals surface area contributed by atoms with Gasteiger partial charge in [-0.05, 0) is 19.1 Å². The molecule has 1 N–H and O–H groups in total. The maximum atomic E-state index is 12.4. The molecule has 1 aliphatic heterocycles. The number of nitrogens with one attached hydrogen (secondary N) is 1. The Labute approximate surface area is 111 Å². The summed E-state index contributed by atoms with van der Waals surface area (Å²) < 4.78 is 1.71. The smallest absolute Gasteiger partial charge is 0.247 e. The molecule has 0 aliphatic carbocycles. The van der Waals surface area contributed by atoms with Gasteiger partial charge in [0.15, 0.2) is 0 Å². The van der Waals surface area contributed by atoms with Gasteiger partial charge in [0.25, 0.3) is 0 Å². The fourth-order valence-corrected chi connectivity index (χ4v) is 2.43. The second kappa shape index (κ2) is 4.97. The molecular formula is C13H17N5O. The summed E-state index contributed by atoms with van der Waals surface area (Å²) in [6.45, 7) is 5.12. The molecule has 2 heterocycles. The molecule has 1 saturated heterocycles. The molecule has 19 heavy (non-hydrogen) atoms. The predicted molar refractivity (Wildman–Crippen MR) is 71.7 cm³/mol. The van der Waals surface area contributed by atoms with E-state index in [9.17, 15) is 4.79 Å². The molecule has 3 rings (SSSR count). The second-order valence-corrected chi connectivity index (χ2v) is 4.77. The van der Waals surface area contributed by atoms with Crippen LogP contribution in [0.4, 0.5) is 0 Å². The van der Waals surface area contributed by atoms with Crippen LogP contribution in [0.25, 0.3) is 11.0 Å². The topological polar surface area (TPSA) is 63.1 Å². The third kappa shape index (κ3) is 2.19. The number of hydrogen-bond acceptors (Lipinski definition) is 4. The first-order chi connectivity index (χ1) is 9.27. The van der Waals surface area contributed by atoms with E-state index in [1.54, 1.807) is 4.68 Å². The first-order valence-electron chi connectivity index (χ1n) is 6.57. The first kappa shape index (κ1) is 12.1. The number of amides is 1. The zero-order valence-electron chi connectivity index (χ0n) is 10.9. The summed E-state index contributed by atoms with van der Waals surface area (Å²) in [5.74, 6) is 0.108. The number of para-hydroxylation sites is 1. The Morgan fingerprint density at radius 1 is 1.32 bits per heavy atom. The number of rotatable bonds is 2. The lowest BCUT2D eigenvalue weighted by Crippen LogP contribution is -2.48. The minimum Gasteiger partial charge on any atom is -0.338 e. The van der Waals surface area contributed by atoms with E-state index in [0.717, 1.165) is 37.2 Å². The van der Waals surface area contributed by atoms with Crippen molar-refractivity contribution in [3.05, 3.63) is 24.3 Å². The van der Waals surface area contributed by atoms with Crippen molar-refractivity contribution in [1.82, 2.24) is 25.2 Å². The first-order valence-corrected chi connectivity index (χ1v) is 6.57. The molecule has 100 valence electrons. The maximum Gasteiger partial charge on any atom is 0.247 e. The zero-order chi connectivity index (χ0) is 13.2. The molecule has 1 amide bonds. The molecule has 1 aromatic heterocycles. The Kier molecular flexibility index (Phi) is 3.16. The van der Waals surface area contributed by atoms with Crippen molar-refractivity contribution in [3.8, 4) is 0 Å². The van der Waals surface area contributed by atoms with E-state index in [0.29, 0.717) is 0 Å². The molecule has 1 fully saturated rings. The zero-order valence-corrected chi connectivity index (χ0v) is 10.9. The largest absolute Gasteiger partial charge is 0.338 e. The lowest BCUT2D eigenvalue weighted by molar-refractivity contribution is -0.135. The van der Waals surface area contributed by atoms with Gasteiger partial charge in [-0.15, -0.1) is 5.10 Å². The predicted octanol–water partition coefficient (Wildman–Crippen LogP) is 0.424. The highest BCUT2D eigenvalue weighted by atomic mass is 16.2. The Morgan fingerprint density at radius 3 is 2.84 bits per heavy atom. The van der Waals surface area contributed by atoms with Gasteiger partial charge in [-0.2, -0.15) is 0 Å². The summed E-state index contributed by atoms with van der Waals surface area (Å²) in [6.07, 6.45) is 0. The molecular weight excluding hydrogens is 242 g/mol. The lowest BCUT2D eigenvalue weighted by Gasteiger charge is -2.29. The molecule has 0 radical (unpaired) electrons. The van der Waals surface area contributed by atoms with E-state index in [4.69, 9.17) is 0 Å². The lowest BCUT2D eigenvalue weighted by atomic mass is 10.2. The minimum atomic E-state index is -0.314. The third-order valence-electron chi connectivity index (χ3n) is 3.53. The number of aromatic nitrogens is 3. The van der Waals surface area contributed by atoms with Crippen LogP contribution in [-0.2, 0) is 4.79 Å². The van der Waals surface area contributed by atoms with Crippen molar-refractivity contribution in [2.75, 3.05) is 26.2 Å².